The Kier molecular flexibility index (Phi) is 3.37. The third-order valence-corrected chi connectivity index (χ3v) is 5.48. The van der Waals surface area contributed by atoms with Gasteiger partial charge in [0.1, 0.15) is 5.52 Å². The lowest BCUT2D eigenvalue weighted by atomic mass is 9.94. The maximum atomic E-state index is 13.2. The number of benzene rings is 4. The second-order valence-electron chi connectivity index (χ2n) is 7.16. The summed E-state index contributed by atoms with van der Waals surface area (Å²) in [6.07, 6.45) is 0. The van der Waals surface area contributed by atoms with Gasteiger partial charge in [0.05, 0.1) is 16.9 Å². The molecule has 4 aromatic carbocycles. The van der Waals surface area contributed by atoms with Gasteiger partial charge in [-0.15, -0.1) is 5.10 Å². The molecule has 2 amide bonds. The fourth-order valence-corrected chi connectivity index (χ4v) is 4.07. The van der Waals surface area contributed by atoms with Gasteiger partial charge in [-0.25, -0.2) is 9.58 Å². The maximum absolute atomic E-state index is 13.2. The molecule has 142 valence electrons. The van der Waals surface area contributed by atoms with Gasteiger partial charge < -0.3 is 0 Å². The molecule has 1 aromatic heterocycles. The number of nitrogens with zero attached hydrogens (tertiary/aromatic N) is 4. The minimum atomic E-state index is -0.316. The van der Waals surface area contributed by atoms with E-state index in [2.05, 4.69) is 10.3 Å². The summed E-state index contributed by atoms with van der Waals surface area (Å²) in [6.45, 7) is 0. The van der Waals surface area contributed by atoms with E-state index in [1.54, 1.807) is 28.9 Å². The van der Waals surface area contributed by atoms with E-state index in [1.807, 2.05) is 60.7 Å². The van der Waals surface area contributed by atoms with Crippen molar-refractivity contribution in [2.45, 2.75) is 0 Å². The summed E-state index contributed by atoms with van der Waals surface area (Å²) in [5, 5.41) is 9.99. The molecule has 6 rings (SSSR count). The first-order chi connectivity index (χ1) is 14.7. The molecule has 0 bridgehead atoms. The van der Waals surface area contributed by atoms with E-state index in [1.165, 1.54) is 4.90 Å². The van der Waals surface area contributed by atoms with Crippen LogP contribution in [0, 0.1) is 0 Å². The highest BCUT2D eigenvalue weighted by molar-refractivity contribution is 6.35. The Hall–Kier alpha value is -4.32. The molecule has 0 saturated heterocycles. The van der Waals surface area contributed by atoms with Gasteiger partial charge in [-0.2, -0.15) is 0 Å². The fourth-order valence-electron chi connectivity index (χ4n) is 4.07. The molecule has 6 nitrogen and oxygen atoms in total. The lowest BCUT2D eigenvalue weighted by Gasteiger charge is -2.27. The molecule has 0 radical (unpaired) electrons. The summed E-state index contributed by atoms with van der Waals surface area (Å²) in [4.78, 5) is 27.6. The van der Waals surface area contributed by atoms with Gasteiger partial charge in [0.2, 0.25) is 0 Å². The number of carbonyl (C=O) groups is 2. The van der Waals surface area contributed by atoms with Crippen molar-refractivity contribution in [1.29, 1.82) is 0 Å². The second kappa shape index (κ2) is 6.09. The first-order valence-corrected chi connectivity index (χ1v) is 9.54. The van der Waals surface area contributed by atoms with Crippen LogP contribution in [0.4, 0.5) is 5.69 Å². The van der Waals surface area contributed by atoms with Crippen LogP contribution in [0.1, 0.15) is 20.7 Å². The highest BCUT2D eigenvalue weighted by Crippen LogP contribution is 2.33. The van der Waals surface area contributed by atoms with Crippen molar-refractivity contribution >= 4 is 39.3 Å². The van der Waals surface area contributed by atoms with Gasteiger partial charge in [-0.05, 0) is 53.9 Å². The molecular weight excluding hydrogens is 376 g/mol. The molecule has 1 aliphatic heterocycles. The Labute approximate surface area is 171 Å². The molecule has 0 unspecified atom stereocenters. The van der Waals surface area contributed by atoms with Crippen molar-refractivity contribution in [3.05, 3.63) is 96.1 Å². The number of aromatic nitrogens is 3. The molecule has 6 heteroatoms. The van der Waals surface area contributed by atoms with E-state index in [-0.39, 0.29) is 11.8 Å². The average molecular weight is 390 g/mol. The highest BCUT2D eigenvalue weighted by Gasteiger charge is 2.33. The van der Waals surface area contributed by atoms with Crippen LogP contribution >= 0.6 is 0 Å². The molecule has 0 spiro atoms. The number of amides is 2. The molecule has 0 aliphatic carbocycles. The van der Waals surface area contributed by atoms with Crippen LogP contribution in [0.3, 0.4) is 0 Å². The van der Waals surface area contributed by atoms with Gasteiger partial charge in [-0.3, -0.25) is 9.59 Å². The van der Waals surface area contributed by atoms with Gasteiger partial charge in [0.15, 0.2) is 0 Å². The number of imide groups is 1. The first kappa shape index (κ1) is 16.6. The van der Waals surface area contributed by atoms with Crippen molar-refractivity contribution in [1.82, 2.24) is 15.0 Å². The quantitative estimate of drug-likeness (QED) is 0.420. The minimum absolute atomic E-state index is 0.316. The summed E-state index contributed by atoms with van der Waals surface area (Å²) < 4.78 is 1.73. The van der Waals surface area contributed by atoms with Crippen LogP contribution in [0.2, 0.25) is 0 Å². The van der Waals surface area contributed by atoms with Crippen LogP contribution in [-0.4, -0.2) is 26.8 Å². The highest BCUT2D eigenvalue weighted by atomic mass is 16.2. The molecule has 1 aliphatic rings. The van der Waals surface area contributed by atoms with Gasteiger partial charge in [-0.1, -0.05) is 41.6 Å². The van der Waals surface area contributed by atoms with Crippen LogP contribution in [0.15, 0.2) is 84.9 Å². The minimum Gasteiger partial charge on any atom is -0.268 e. The number of fused-ring (bicyclic) bond motifs is 1. The average Bonchev–Trinajstić information content (AvgIpc) is 3.22. The molecule has 0 fully saturated rings. The predicted molar refractivity (Wildman–Crippen MR) is 114 cm³/mol. The monoisotopic (exact) mass is 390 g/mol. The number of carbonyl (C=O) groups excluding carboxylic acids is 2. The van der Waals surface area contributed by atoms with Gasteiger partial charge >= 0.3 is 0 Å². The first-order valence-electron chi connectivity index (χ1n) is 9.54. The molecular formula is C24H14N4O2. The Morgan fingerprint density at radius 3 is 1.97 bits per heavy atom. The van der Waals surface area contributed by atoms with Gasteiger partial charge in [0.25, 0.3) is 11.8 Å². The van der Waals surface area contributed by atoms with E-state index in [9.17, 15) is 9.59 Å². The van der Waals surface area contributed by atoms with Crippen LogP contribution < -0.4 is 4.90 Å². The SMILES string of the molecule is O=C1c2cccc3cccc(c23)C(=O)N1c1ccc(-n2nnc3ccccc32)cc1. The normalized spacial score (nSPS) is 13.4. The van der Waals surface area contributed by atoms with E-state index < -0.39 is 0 Å². The molecule has 0 N–H and O–H groups in total. The number of para-hydroxylation sites is 1. The summed E-state index contributed by atoms with van der Waals surface area (Å²) in [7, 11) is 0. The lowest BCUT2D eigenvalue weighted by Crippen LogP contribution is -2.40. The molecule has 2 heterocycles. The largest absolute Gasteiger partial charge is 0.268 e. The predicted octanol–water partition coefficient (Wildman–Crippen LogP) is 4.37. The summed E-state index contributed by atoms with van der Waals surface area (Å²) in [6, 6.07) is 25.9. The van der Waals surface area contributed by atoms with E-state index in [4.69, 9.17) is 0 Å². The maximum Gasteiger partial charge on any atom is 0.265 e. The van der Waals surface area contributed by atoms with Crippen molar-refractivity contribution in [2.75, 3.05) is 4.90 Å². The summed E-state index contributed by atoms with van der Waals surface area (Å²) >= 11 is 0. The molecule has 30 heavy (non-hydrogen) atoms. The third-order valence-electron chi connectivity index (χ3n) is 5.48. The van der Waals surface area contributed by atoms with E-state index in [0.717, 1.165) is 27.5 Å². The number of hydrogen-bond acceptors (Lipinski definition) is 4. The van der Waals surface area contributed by atoms with Crippen molar-refractivity contribution in [2.24, 2.45) is 0 Å². The Balaban J connectivity index is 1.44. The topological polar surface area (TPSA) is 68.1 Å². The van der Waals surface area contributed by atoms with Crippen LogP contribution in [-0.2, 0) is 0 Å². The molecule has 0 saturated carbocycles. The van der Waals surface area contributed by atoms with Crippen LogP contribution in [0.5, 0.6) is 0 Å². The zero-order valence-corrected chi connectivity index (χ0v) is 15.7. The van der Waals surface area contributed by atoms with E-state index >= 15 is 0 Å². The summed E-state index contributed by atoms with van der Waals surface area (Å²) in [5.41, 5.74) is 4.07. The van der Waals surface area contributed by atoms with Crippen molar-refractivity contribution < 1.29 is 9.59 Å². The van der Waals surface area contributed by atoms with Crippen molar-refractivity contribution in [3.8, 4) is 5.69 Å². The number of anilines is 1. The molecule has 5 aromatic rings. The number of rotatable bonds is 2. The van der Waals surface area contributed by atoms with Crippen molar-refractivity contribution in [3.63, 3.8) is 0 Å². The lowest BCUT2D eigenvalue weighted by molar-refractivity contribution is 0.0893. The van der Waals surface area contributed by atoms with E-state index in [0.29, 0.717) is 16.8 Å². The zero-order chi connectivity index (χ0) is 20.2. The number of hydrogen-bond donors (Lipinski definition) is 0. The Morgan fingerprint density at radius 2 is 1.27 bits per heavy atom. The standard InChI is InChI=1S/C24H14N4O2/c29-23-18-7-3-5-15-6-4-8-19(22(15)18)24(30)27(23)16-11-13-17(14-12-16)28-21-10-2-1-9-20(21)25-26-28/h1-14H. The third kappa shape index (κ3) is 2.24. The second-order valence-corrected chi connectivity index (χ2v) is 7.16. The summed E-state index contributed by atoms with van der Waals surface area (Å²) in [5.74, 6) is -0.633. The van der Waals surface area contributed by atoms with Gasteiger partial charge in [0, 0.05) is 16.5 Å². The Bertz CT molecular complexity index is 1430. The molecule has 0 atom stereocenters. The smallest absolute Gasteiger partial charge is 0.265 e. The zero-order valence-electron chi connectivity index (χ0n) is 15.7. The fraction of sp³-hybridized carbons (Fsp3) is 0. The Morgan fingerprint density at radius 1 is 0.633 bits per heavy atom. The van der Waals surface area contributed by atoms with Crippen LogP contribution in [0.25, 0.3) is 27.5 Å².